The Balaban J connectivity index is 2.43. The van der Waals surface area contributed by atoms with Crippen LogP contribution < -0.4 is 5.32 Å². The second-order valence-corrected chi connectivity index (χ2v) is 6.65. The van der Waals surface area contributed by atoms with Gasteiger partial charge in [-0.2, -0.15) is 4.31 Å². The van der Waals surface area contributed by atoms with E-state index in [0.717, 1.165) is 4.31 Å². The number of carbonyl (C=O) groups excluding carboxylic acids is 1. The molecule has 1 aliphatic rings. The molecule has 1 fully saturated rings. The highest BCUT2D eigenvalue weighted by Gasteiger charge is 2.37. The van der Waals surface area contributed by atoms with Crippen LogP contribution in [0, 0.1) is 0 Å². The number of hydrogen-bond acceptors (Lipinski definition) is 5. The van der Waals surface area contributed by atoms with Gasteiger partial charge in [-0.1, -0.05) is 12.1 Å². The van der Waals surface area contributed by atoms with Crippen molar-refractivity contribution in [2.45, 2.75) is 17.9 Å². The molecule has 0 saturated carbocycles. The zero-order chi connectivity index (χ0) is 15.6. The van der Waals surface area contributed by atoms with E-state index in [1.165, 1.54) is 31.2 Å². The maximum Gasteiger partial charge on any atom is 0.323 e. The lowest BCUT2D eigenvalue weighted by Crippen LogP contribution is -2.56. The number of nitrogens with one attached hydrogen (secondary N) is 1. The van der Waals surface area contributed by atoms with Gasteiger partial charge in [0.15, 0.2) is 5.78 Å². The Labute approximate surface area is 122 Å². The molecule has 1 aromatic rings. The van der Waals surface area contributed by atoms with Gasteiger partial charge in [0.1, 0.15) is 6.04 Å². The van der Waals surface area contributed by atoms with Gasteiger partial charge in [-0.3, -0.25) is 9.59 Å². The number of carboxylic acids is 1. The number of ketones is 1. The third-order valence-electron chi connectivity index (χ3n) is 3.33. The topological polar surface area (TPSA) is 104 Å². The van der Waals surface area contributed by atoms with Crippen LogP contribution in [0.4, 0.5) is 0 Å². The Kier molecular flexibility index (Phi) is 4.40. The zero-order valence-corrected chi connectivity index (χ0v) is 12.3. The summed E-state index contributed by atoms with van der Waals surface area (Å²) in [6, 6.07) is 4.49. The van der Waals surface area contributed by atoms with Crippen molar-refractivity contribution in [2.24, 2.45) is 0 Å². The van der Waals surface area contributed by atoms with E-state index in [4.69, 9.17) is 5.11 Å². The Morgan fingerprint density at radius 3 is 2.71 bits per heavy atom. The number of rotatable bonds is 4. The average Bonchev–Trinajstić information content (AvgIpc) is 2.47. The highest BCUT2D eigenvalue weighted by molar-refractivity contribution is 7.89. The summed E-state index contributed by atoms with van der Waals surface area (Å²) in [5.74, 6) is -1.45. The maximum absolute atomic E-state index is 12.6. The highest BCUT2D eigenvalue weighted by atomic mass is 32.2. The predicted octanol–water partition coefficient (Wildman–Crippen LogP) is -0.0637. The number of hydrogen-bond donors (Lipinski definition) is 2. The summed E-state index contributed by atoms with van der Waals surface area (Å²) in [5, 5.41) is 12.0. The largest absolute Gasteiger partial charge is 0.480 e. The molecule has 0 spiro atoms. The van der Waals surface area contributed by atoms with Crippen LogP contribution in [-0.4, -0.2) is 55.3 Å². The number of sulfonamides is 1. The summed E-state index contributed by atoms with van der Waals surface area (Å²) in [4.78, 5) is 22.5. The Bertz CT molecular complexity index is 671. The molecule has 0 aliphatic carbocycles. The SMILES string of the molecule is CC(=O)c1cccc(S(=O)(=O)N2CCNCC2C(=O)O)c1. The van der Waals surface area contributed by atoms with Crippen molar-refractivity contribution < 1.29 is 23.1 Å². The molecule has 0 amide bonds. The minimum absolute atomic E-state index is 0.0565. The van der Waals surface area contributed by atoms with Crippen LogP contribution in [-0.2, 0) is 14.8 Å². The molecule has 2 N–H and O–H groups in total. The van der Waals surface area contributed by atoms with E-state index in [-0.39, 0.29) is 29.3 Å². The lowest BCUT2D eigenvalue weighted by atomic mass is 10.2. The Hall–Kier alpha value is -1.77. The van der Waals surface area contributed by atoms with Gasteiger partial charge in [-0.25, -0.2) is 8.42 Å². The molecule has 0 radical (unpaired) electrons. The van der Waals surface area contributed by atoms with Crippen molar-refractivity contribution in [1.29, 1.82) is 0 Å². The fraction of sp³-hybridized carbons (Fsp3) is 0.385. The monoisotopic (exact) mass is 312 g/mol. The van der Waals surface area contributed by atoms with E-state index < -0.39 is 22.0 Å². The molecule has 7 nitrogen and oxygen atoms in total. The van der Waals surface area contributed by atoms with E-state index in [1.54, 1.807) is 0 Å². The van der Waals surface area contributed by atoms with Crippen molar-refractivity contribution in [2.75, 3.05) is 19.6 Å². The molecule has 1 atom stereocenters. The standard InChI is InChI=1S/C13H16N2O5S/c1-9(16)10-3-2-4-11(7-10)21(19,20)15-6-5-14-8-12(15)13(17)18/h2-4,7,12,14H,5-6,8H2,1H3,(H,17,18). The van der Waals surface area contributed by atoms with Crippen LogP contribution in [0.2, 0.25) is 0 Å². The van der Waals surface area contributed by atoms with Gasteiger partial charge in [0.25, 0.3) is 0 Å². The molecular formula is C13H16N2O5S. The van der Waals surface area contributed by atoms with Gasteiger partial charge in [-0.15, -0.1) is 0 Å². The highest BCUT2D eigenvalue weighted by Crippen LogP contribution is 2.20. The summed E-state index contributed by atoms with van der Waals surface area (Å²) in [6.45, 7) is 1.86. The molecule has 0 aromatic heterocycles. The first-order chi connectivity index (χ1) is 9.84. The number of benzene rings is 1. The van der Waals surface area contributed by atoms with Crippen LogP contribution in [0.25, 0.3) is 0 Å². The van der Waals surface area contributed by atoms with Crippen molar-refractivity contribution >= 4 is 21.8 Å². The minimum Gasteiger partial charge on any atom is -0.480 e. The minimum atomic E-state index is -3.95. The first-order valence-corrected chi connectivity index (χ1v) is 7.84. The number of carboxylic acid groups (broad SMARTS) is 1. The van der Waals surface area contributed by atoms with E-state index in [2.05, 4.69) is 5.32 Å². The van der Waals surface area contributed by atoms with Gasteiger partial charge >= 0.3 is 5.97 Å². The smallest absolute Gasteiger partial charge is 0.323 e. The summed E-state index contributed by atoms with van der Waals surface area (Å²) < 4.78 is 26.2. The quantitative estimate of drug-likeness (QED) is 0.755. The van der Waals surface area contributed by atoms with Gasteiger partial charge in [0.2, 0.25) is 10.0 Å². The second-order valence-electron chi connectivity index (χ2n) is 4.76. The van der Waals surface area contributed by atoms with Crippen molar-refractivity contribution in [3.8, 4) is 0 Å². The molecule has 1 heterocycles. The first kappa shape index (κ1) is 15.6. The molecule has 114 valence electrons. The number of nitrogens with zero attached hydrogens (tertiary/aromatic N) is 1. The summed E-state index contributed by atoms with van der Waals surface area (Å²) in [7, 11) is -3.95. The Morgan fingerprint density at radius 1 is 1.38 bits per heavy atom. The van der Waals surface area contributed by atoms with Crippen LogP contribution in [0.5, 0.6) is 0 Å². The van der Waals surface area contributed by atoms with E-state index in [0.29, 0.717) is 6.54 Å². The summed E-state index contributed by atoms with van der Waals surface area (Å²) >= 11 is 0. The zero-order valence-electron chi connectivity index (χ0n) is 11.4. The number of carbonyl (C=O) groups is 2. The molecule has 1 saturated heterocycles. The van der Waals surface area contributed by atoms with Crippen molar-refractivity contribution in [3.05, 3.63) is 29.8 Å². The normalized spacial score (nSPS) is 20.1. The fourth-order valence-corrected chi connectivity index (χ4v) is 3.82. The van der Waals surface area contributed by atoms with Crippen LogP contribution >= 0.6 is 0 Å². The fourth-order valence-electron chi connectivity index (χ4n) is 2.19. The van der Waals surface area contributed by atoms with Gasteiger partial charge in [0, 0.05) is 25.2 Å². The Morgan fingerprint density at radius 2 is 2.10 bits per heavy atom. The molecule has 0 bridgehead atoms. The van der Waals surface area contributed by atoms with Gasteiger partial charge in [-0.05, 0) is 19.1 Å². The van der Waals surface area contributed by atoms with E-state index in [9.17, 15) is 18.0 Å². The summed E-state index contributed by atoms with van der Waals surface area (Å²) in [6.07, 6.45) is 0. The molecule has 1 unspecified atom stereocenters. The number of aliphatic carboxylic acids is 1. The van der Waals surface area contributed by atoms with E-state index >= 15 is 0 Å². The number of Topliss-reactive ketones (excluding diaryl/α,β-unsaturated/α-hetero) is 1. The van der Waals surface area contributed by atoms with Crippen molar-refractivity contribution in [3.63, 3.8) is 0 Å². The van der Waals surface area contributed by atoms with Gasteiger partial charge < -0.3 is 10.4 Å². The second kappa shape index (κ2) is 5.92. The van der Waals surface area contributed by atoms with Crippen molar-refractivity contribution in [1.82, 2.24) is 9.62 Å². The average molecular weight is 312 g/mol. The summed E-state index contributed by atoms with van der Waals surface area (Å²) in [5.41, 5.74) is 0.276. The molecule has 21 heavy (non-hydrogen) atoms. The lowest BCUT2D eigenvalue weighted by molar-refractivity contribution is -0.141. The van der Waals surface area contributed by atoms with Crippen LogP contribution in [0.15, 0.2) is 29.2 Å². The lowest BCUT2D eigenvalue weighted by Gasteiger charge is -2.32. The molecule has 1 aromatic carbocycles. The van der Waals surface area contributed by atoms with E-state index in [1.807, 2.05) is 0 Å². The number of piperazine rings is 1. The molecule has 2 rings (SSSR count). The van der Waals surface area contributed by atoms with Crippen LogP contribution in [0.3, 0.4) is 0 Å². The van der Waals surface area contributed by atoms with Crippen LogP contribution in [0.1, 0.15) is 17.3 Å². The molecular weight excluding hydrogens is 296 g/mol. The molecule has 8 heteroatoms. The maximum atomic E-state index is 12.6. The third kappa shape index (κ3) is 3.12. The molecule has 1 aliphatic heterocycles. The first-order valence-electron chi connectivity index (χ1n) is 6.40. The third-order valence-corrected chi connectivity index (χ3v) is 5.23. The van der Waals surface area contributed by atoms with Gasteiger partial charge in [0.05, 0.1) is 4.90 Å². The predicted molar refractivity (Wildman–Crippen MR) is 74.6 cm³/mol.